The second kappa shape index (κ2) is 3.91. The van der Waals surface area contributed by atoms with Gasteiger partial charge < -0.3 is 0 Å². The largest absolute Gasteiger partial charge is 0.298 e. The number of aromatic nitrogens is 1. The Morgan fingerprint density at radius 2 is 2.14 bits per heavy atom. The molecular formula is C12H15NO. The molecule has 0 aliphatic heterocycles. The minimum atomic E-state index is 0.524. The molecule has 0 atom stereocenters. The maximum absolute atomic E-state index is 10.9. The molecule has 1 aliphatic carbocycles. The van der Waals surface area contributed by atoms with E-state index in [2.05, 4.69) is 4.98 Å². The summed E-state index contributed by atoms with van der Waals surface area (Å²) in [4.78, 5) is 15.3. The van der Waals surface area contributed by atoms with Crippen molar-refractivity contribution in [3.05, 3.63) is 29.1 Å². The maximum Gasteiger partial charge on any atom is 0.151 e. The highest BCUT2D eigenvalue weighted by Gasteiger charge is 2.20. The summed E-state index contributed by atoms with van der Waals surface area (Å²) in [6.45, 7) is 1.97. The molecular weight excluding hydrogens is 174 g/mol. The van der Waals surface area contributed by atoms with Crippen LogP contribution in [-0.2, 0) is 0 Å². The van der Waals surface area contributed by atoms with Crippen LogP contribution in [0.4, 0.5) is 0 Å². The van der Waals surface area contributed by atoms with E-state index in [9.17, 15) is 4.79 Å². The fraction of sp³-hybridized carbons (Fsp3) is 0.500. The molecule has 2 nitrogen and oxygen atoms in total. The number of rotatable bonds is 2. The Kier molecular flexibility index (Phi) is 2.62. The minimum Gasteiger partial charge on any atom is -0.298 e. The number of aryl methyl sites for hydroxylation is 1. The lowest BCUT2D eigenvalue weighted by atomic mass is 9.98. The normalized spacial score (nSPS) is 17.2. The molecule has 0 bridgehead atoms. The molecule has 14 heavy (non-hydrogen) atoms. The van der Waals surface area contributed by atoms with Crippen LogP contribution in [0.3, 0.4) is 0 Å². The van der Waals surface area contributed by atoms with Gasteiger partial charge in [0.15, 0.2) is 6.29 Å². The van der Waals surface area contributed by atoms with Gasteiger partial charge in [-0.3, -0.25) is 9.78 Å². The molecule has 74 valence electrons. The van der Waals surface area contributed by atoms with Gasteiger partial charge in [-0.05, 0) is 31.4 Å². The zero-order valence-corrected chi connectivity index (χ0v) is 8.49. The van der Waals surface area contributed by atoms with Gasteiger partial charge in [-0.25, -0.2) is 0 Å². The first kappa shape index (κ1) is 9.38. The van der Waals surface area contributed by atoms with Crippen molar-refractivity contribution in [3.63, 3.8) is 0 Å². The van der Waals surface area contributed by atoms with Crippen LogP contribution >= 0.6 is 0 Å². The van der Waals surface area contributed by atoms with Crippen LogP contribution in [0.25, 0.3) is 0 Å². The van der Waals surface area contributed by atoms with Gasteiger partial charge >= 0.3 is 0 Å². The molecule has 0 N–H and O–H groups in total. The lowest BCUT2D eigenvalue weighted by Crippen LogP contribution is -2.02. The van der Waals surface area contributed by atoms with E-state index in [4.69, 9.17) is 0 Å². The predicted octanol–water partition coefficient (Wildman–Crippen LogP) is 2.86. The smallest absolute Gasteiger partial charge is 0.151 e. The second-order valence-corrected chi connectivity index (χ2v) is 4.09. The molecule has 0 spiro atoms. The Hall–Kier alpha value is -1.18. The van der Waals surface area contributed by atoms with E-state index in [1.165, 1.54) is 25.7 Å². The molecule has 2 rings (SSSR count). The quantitative estimate of drug-likeness (QED) is 0.669. The van der Waals surface area contributed by atoms with Crippen molar-refractivity contribution >= 4 is 6.29 Å². The number of carbonyl (C=O) groups excluding carboxylic acids is 1. The molecule has 1 aromatic rings. The molecule has 1 aromatic heterocycles. The van der Waals surface area contributed by atoms with E-state index in [1.54, 1.807) is 0 Å². The highest BCUT2D eigenvalue weighted by Crippen LogP contribution is 2.34. The van der Waals surface area contributed by atoms with Crippen molar-refractivity contribution < 1.29 is 4.79 Å². The van der Waals surface area contributed by atoms with Crippen LogP contribution in [-0.4, -0.2) is 11.3 Å². The van der Waals surface area contributed by atoms with Gasteiger partial charge in [-0.1, -0.05) is 12.8 Å². The average molecular weight is 189 g/mol. The van der Waals surface area contributed by atoms with Gasteiger partial charge in [-0.2, -0.15) is 0 Å². The highest BCUT2D eigenvalue weighted by atomic mass is 16.1. The van der Waals surface area contributed by atoms with E-state index in [-0.39, 0.29) is 0 Å². The molecule has 0 unspecified atom stereocenters. The third-order valence-electron chi connectivity index (χ3n) is 2.96. The Balaban J connectivity index is 2.35. The van der Waals surface area contributed by atoms with Gasteiger partial charge in [-0.15, -0.1) is 0 Å². The Morgan fingerprint density at radius 1 is 1.43 bits per heavy atom. The first-order valence-corrected chi connectivity index (χ1v) is 5.23. The van der Waals surface area contributed by atoms with E-state index in [0.717, 1.165) is 23.1 Å². The molecule has 1 aliphatic rings. The Labute approximate surface area is 84.4 Å². The summed E-state index contributed by atoms with van der Waals surface area (Å²) in [6.07, 6.45) is 7.74. The first-order chi connectivity index (χ1) is 6.81. The first-order valence-electron chi connectivity index (χ1n) is 5.23. The molecule has 0 amide bonds. The van der Waals surface area contributed by atoms with Gasteiger partial charge in [0.1, 0.15) is 0 Å². The zero-order chi connectivity index (χ0) is 9.97. The third-order valence-corrected chi connectivity index (χ3v) is 2.96. The summed E-state index contributed by atoms with van der Waals surface area (Å²) in [6, 6.07) is 1.94. The molecule has 1 saturated carbocycles. The van der Waals surface area contributed by atoms with Crippen molar-refractivity contribution in [2.75, 3.05) is 0 Å². The van der Waals surface area contributed by atoms with E-state index in [1.807, 2.05) is 19.2 Å². The molecule has 0 saturated heterocycles. The van der Waals surface area contributed by atoms with Gasteiger partial charge in [0, 0.05) is 17.7 Å². The number of nitrogens with zero attached hydrogens (tertiary/aromatic N) is 1. The van der Waals surface area contributed by atoms with Crippen LogP contribution in [0.1, 0.15) is 53.2 Å². The Morgan fingerprint density at radius 3 is 2.79 bits per heavy atom. The number of hydrogen-bond acceptors (Lipinski definition) is 2. The van der Waals surface area contributed by atoms with Gasteiger partial charge in [0.2, 0.25) is 0 Å². The third kappa shape index (κ3) is 1.69. The lowest BCUT2D eigenvalue weighted by Gasteiger charge is -2.10. The molecule has 1 heterocycles. The zero-order valence-electron chi connectivity index (χ0n) is 8.49. The van der Waals surface area contributed by atoms with E-state index in [0.29, 0.717) is 5.92 Å². The summed E-state index contributed by atoms with van der Waals surface area (Å²) >= 11 is 0. The number of carbonyl (C=O) groups is 1. The minimum absolute atomic E-state index is 0.524. The second-order valence-electron chi connectivity index (χ2n) is 4.09. The summed E-state index contributed by atoms with van der Waals surface area (Å²) in [5.41, 5.74) is 2.87. The number of hydrogen-bond donors (Lipinski definition) is 0. The van der Waals surface area contributed by atoms with Crippen molar-refractivity contribution in [1.29, 1.82) is 0 Å². The van der Waals surface area contributed by atoms with Crippen molar-refractivity contribution in [2.24, 2.45) is 0 Å². The number of pyridine rings is 1. The van der Waals surface area contributed by atoms with Crippen LogP contribution in [0.5, 0.6) is 0 Å². The number of aldehydes is 1. The summed E-state index contributed by atoms with van der Waals surface area (Å²) in [5.74, 6) is 0.524. The average Bonchev–Trinajstić information content (AvgIpc) is 2.70. The van der Waals surface area contributed by atoms with Crippen LogP contribution in [0.2, 0.25) is 0 Å². The molecule has 2 heteroatoms. The maximum atomic E-state index is 10.9. The highest BCUT2D eigenvalue weighted by molar-refractivity contribution is 5.77. The molecule has 0 radical (unpaired) electrons. The Bertz CT molecular complexity index is 340. The predicted molar refractivity (Wildman–Crippen MR) is 55.6 cm³/mol. The van der Waals surface area contributed by atoms with Crippen molar-refractivity contribution in [1.82, 2.24) is 4.98 Å². The van der Waals surface area contributed by atoms with Crippen LogP contribution in [0.15, 0.2) is 12.3 Å². The monoisotopic (exact) mass is 189 g/mol. The van der Waals surface area contributed by atoms with E-state index >= 15 is 0 Å². The van der Waals surface area contributed by atoms with Crippen molar-refractivity contribution in [3.8, 4) is 0 Å². The summed E-state index contributed by atoms with van der Waals surface area (Å²) in [7, 11) is 0. The van der Waals surface area contributed by atoms with Crippen LogP contribution < -0.4 is 0 Å². The lowest BCUT2D eigenvalue weighted by molar-refractivity contribution is 0.112. The molecule has 0 aromatic carbocycles. The fourth-order valence-electron chi connectivity index (χ4n) is 2.24. The fourth-order valence-corrected chi connectivity index (χ4v) is 2.24. The van der Waals surface area contributed by atoms with Crippen molar-refractivity contribution in [2.45, 2.75) is 38.5 Å². The van der Waals surface area contributed by atoms with Gasteiger partial charge in [0.25, 0.3) is 0 Å². The van der Waals surface area contributed by atoms with Gasteiger partial charge in [0.05, 0.1) is 5.69 Å². The standard InChI is InChI=1S/C12H15NO/c1-9-6-11(8-14)12(13-7-9)10-4-2-3-5-10/h6-8,10H,2-5H2,1H3. The van der Waals surface area contributed by atoms with E-state index < -0.39 is 0 Å². The van der Waals surface area contributed by atoms with Crippen LogP contribution in [0, 0.1) is 6.92 Å². The SMILES string of the molecule is Cc1cnc(C2CCCC2)c(C=O)c1. The summed E-state index contributed by atoms with van der Waals surface area (Å²) < 4.78 is 0. The topological polar surface area (TPSA) is 30.0 Å². The summed E-state index contributed by atoms with van der Waals surface area (Å²) in [5, 5.41) is 0. The molecule has 1 fully saturated rings.